The van der Waals surface area contributed by atoms with Crippen molar-refractivity contribution in [1.29, 1.82) is 0 Å². The second-order valence-electron chi connectivity index (χ2n) is 3.16. The van der Waals surface area contributed by atoms with E-state index in [9.17, 15) is 9.18 Å². The minimum Gasteiger partial charge on any atom is -0.476 e. The molecule has 4 nitrogen and oxygen atoms in total. The lowest BCUT2D eigenvalue weighted by Crippen LogP contribution is -2.21. The van der Waals surface area contributed by atoms with Gasteiger partial charge in [-0.25, -0.2) is 4.79 Å². The van der Waals surface area contributed by atoms with Crippen molar-refractivity contribution in [2.24, 2.45) is 0 Å². The molecule has 0 saturated carbocycles. The molecule has 1 aromatic rings. The third-order valence-corrected chi connectivity index (χ3v) is 1.77. The van der Waals surface area contributed by atoms with Crippen LogP contribution in [0.3, 0.4) is 0 Å². The highest BCUT2D eigenvalue weighted by Crippen LogP contribution is 2.20. The molecule has 1 N–H and O–H groups in total. The topological polar surface area (TPSA) is 49.8 Å². The van der Waals surface area contributed by atoms with Gasteiger partial charge in [0.15, 0.2) is 0 Å². The van der Waals surface area contributed by atoms with E-state index in [1.54, 1.807) is 23.1 Å². The van der Waals surface area contributed by atoms with Crippen LogP contribution in [0, 0.1) is 0 Å². The Kier molecular flexibility index (Phi) is 3.49. The monoisotopic (exact) mass is 213 g/mol. The lowest BCUT2D eigenvalue weighted by atomic mass is 10.3. The lowest BCUT2D eigenvalue weighted by Gasteiger charge is -2.14. The van der Waals surface area contributed by atoms with Crippen molar-refractivity contribution < 1.29 is 19.0 Å². The average Bonchev–Trinajstić information content (AvgIpc) is 2.18. The SMILES string of the molecule is CN(C)c1cccc(OC(F)C(=O)O)c1. The fraction of sp³-hybridized carbons (Fsp3) is 0.300. The number of nitrogens with zero attached hydrogens (tertiary/aromatic N) is 1. The van der Waals surface area contributed by atoms with E-state index in [0.717, 1.165) is 5.69 Å². The summed E-state index contributed by atoms with van der Waals surface area (Å²) in [6.45, 7) is 0. The van der Waals surface area contributed by atoms with E-state index in [1.807, 2.05) is 14.1 Å². The van der Waals surface area contributed by atoms with E-state index in [-0.39, 0.29) is 5.75 Å². The number of carboxylic acids is 1. The van der Waals surface area contributed by atoms with Crippen LogP contribution in [-0.2, 0) is 4.79 Å². The molecule has 1 unspecified atom stereocenters. The van der Waals surface area contributed by atoms with Crippen LogP contribution in [0.25, 0.3) is 0 Å². The molecule has 15 heavy (non-hydrogen) atoms. The number of ether oxygens (including phenoxy) is 1. The number of carbonyl (C=O) groups is 1. The van der Waals surface area contributed by atoms with Gasteiger partial charge in [0.1, 0.15) is 5.75 Å². The van der Waals surface area contributed by atoms with Crippen LogP contribution in [0.4, 0.5) is 10.1 Å². The van der Waals surface area contributed by atoms with Gasteiger partial charge in [-0.2, -0.15) is 4.39 Å². The molecular formula is C10H12FNO3. The van der Waals surface area contributed by atoms with Crippen LogP contribution in [0.5, 0.6) is 5.75 Å². The van der Waals surface area contributed by atoms with Gasteiger partial charge < -0.3 is 14.7 Å². The molecule has 0 saturated heterocycles. The molecule has 0 aliphatic heterocycles. The zero-order valence-electron chi connectivity index (χ0n) is 8.48. The van der Waals surface area contributed by atoms with Gasteiger partial charge in [-0.3, -0.25) is 0 Å². The quantitative estimate of drug-likeness (QED) is 0.823. The smallest absolute Gasteiger partial charge is 0.378 e. The van der Waals surface area contributed by atoms with Crippen LogP contribution in [0.15, 0.2) is 24.3 Å². The number of alkyl halides is 1. The number of halogens is 1. The molecule has 5 heteroatoms. The summed E-state index contributed by atoms with van der Waals surface area (Å²) in [5.74, 6) is -1.44. The predicted molar refractivity (Wildman–Crippen MR) is 53.9 cm³/mol. The Labute approximate surface area is 86.9 Å². The molecular weight excluding hydrogens is 201 g/mol. The Balaban J connectivity index is 2.78. The first kappa shape index (κ1) is 11.3. The van der Waals surface area contributed by atoms with Gasteiger partial charge in [-0.1, -0.05) is 6.07 Å². The summed E-state index contributed by atoms with van der Waals surface area (Å²) in [6, 6.07) is 6.54. The molecule has 0 heterocycles. The van der Waals surface area contributed by atoms with Crippen molar-refractivity contribution in [2.75, 3.05) is 19.0 Å². The predicted octanol–water partition coefficient (Wildman–Crippen LogP) is 1.51. The van der Waals surface area contributed by atoms with Crippen molar-refractivity contribution in [1.82, 2.24) is 0 Å². The highest BCUT2D eigenvalue weighted by atomic mass is 19.1. The van der Waals surface area contributed by atoms with Crippen LogP contribution in [-0.4, -0.2) is 31.5 Å². The highest BCUT2D eigenvalue weighted by Gasteiger charge is 2.17. The maximum absolute atomic E-state index is 12.7. The standard InChI is InChI=1S/C10H12FNO3/c1-12(2)7-4-3-5-8(6-7)15-9(11)10(13)14/h3-6,9H,1-2H3,(H,13,14). The second-order valence-corrected chi connectivity index (χ2v) is 3.16. The largest absolute Gasteiger partial charge is 0.476 e. The summed E-state index contributed by atoms with van der Waals surface area (Å²) in [7, 11) is 3.65. The summed E-state index contributed by atoms with van der Waals surface area (Å²) < 4.78 is 17.3. The van der Waals surface area contributed by atoms with Crippen LogP contribution in [0.2, 0.25) is 0 Å². The van der Waals surface area contributed by atoms with Gasteiger partial charge in [0.05, 0.1) is 0 Å². The normalized spacial score (nSPS) is 11.9. The summed E-state index contributed by atoms with van der Waals surface area (Å²) in [5.41, 5.74) is 0.810. The van der Waals surface area contributed by atoms with E-state index >= 15 is 0 Å². The number of aliphatic carboxylic acids is 1. The van der Waals surface area contributed by atoms with E-state index in [4.69, 9.17) is 5.11 Å². The number of hydrogen-bond donors (Lipinski definition) is 1. The zero-order chi connectivity index (χ0) is 11.4. The van der Waals surface area contributed by atoms with Crippen molar-refractivity contribution in [3.63, 3.8) is 0 Å². The Bertz CT molecular complexity index is 354. The first-order valence-corrected chi connectivity index (χ1v) is 4.31. The Morgan fingerprint density at radius 2 is 2.20 bits per heavy atom. The Morgan fingerprint density at radius 1 is 1.53 bits per heavy atom. The lowest BCUT2D eigenvalue weighted by molar-refractivity contribution is -0.153. The summed E-state index contributed by atoms with van der Waals surface area (Å²) in [4.78, 5) is 12.0. The number of hydrogen-bond acceptors (Lipinski definition) is 3. The molecule has 0 spiro atoms. The third-order valence-electron chi connectivity index (χ3n) is 1.77. The van der Waals surface area contributed by atoms with E-state index in [1.165, 1.54) is 6.07 Å². The highest BCUT2D eigenvalue weighted by molar-refractivity contribution is 5.71. The van der Waals surface area contributed by atoms with Crippen molar-refractivity contribution in [3.8, 4) is 5.75 Å². The summed E-state index contributed by atoms with van der Waals surface area (Å²) in [5, 5.41) is 8.31. The third kappa shape index (κ3) is 3.12. The Hall–Kier alpha value is -1.78. The minimum absolute atomic E-state index is 0.191. The van der Waals surface area contributed by atoms with Gasteiger partial charge in [0.2, 0.25) is 0 Å². The molecule has 0 amide bonds. The van der Waals surface area contributed by atoms with Crippen LogP contribution < -0.4 is 9.64 Å². The van der Waals surface area contributed by atoms with Gasteiger partial charge in [0.25, 0.3) is 0 Å². The van der Waals surface area contributed by atoms with E-state index < -0.39 is 12.3 Å². The Morgan fingerprint density at radius 3 is 2.73 bits per heavy atom. The number of carboxylic acid groups (broad SMARTS) is 1. The molecule has 0 aliphatic rings. The molecule has 0 fully saturated rings. The van der Waals surface area contributed by atoms with Crippen LogP contribution >= 0.6 is 0 Å². The number of anilines is 1. The first-order valence-electron chi connectivity index (χ1n) is 4.31. The maximum Gasteiger partial charge on any atom is 0.378 e. The van der Waals surface area contributed by atoms with Crippen molar-refractivity contribution in [3.05, 3.63) is 24.3 Å². The van der Waals surface area contributed by atoms with E-state index in [0.29, 0.717) is 0 Å². The molecule has 1 atom stereocenters. The first-order chi connectivity index (χ1) is 7.00. The molecule has 0 aliphatic carbocycles. The number of rotatable bonds is 4. The molecule has 0 bridgehead atoms. The molecule has 0 aromatic heterocycles. The molecule has 82 valence electrons. The summed E-state index contributed by atoms with van der Waals surface area (Å²) in [6.07, 6.45) is -2.33. The van der Waals surface area contributed by atoms with Crippen molar-refractivity contribution >= 4 is 11.7 Å². The fourth-order valence-electron chi connectivity index (χ4n) is 1.00. The number of benzene rings is 1. The molecule has 0 radical (unpaired) electrons. The van der Waals surface area contributed by atoms with Gasteiger partial charge in [-0.05, 0) is 12.1 Å². The van der Waals surface area contributed by atoms with Gasteiger partial charge >= 0.3 is 12.3 Å². The average molecular weight is 213 g/mol. The molecule has 1 aromatic carbocycles. The van der Waals surface area contributed by atoms with E-state index in [2.05, 4.69) is 4.74 Å². The summed E-state index contributed by atoms with van der Waals surface area (Å²) >= 11 is 0. The van der Waals surface area contributed by atoms with Crippen molar-refractivity contribution in [2.45, 2.75) is 6.36 Å². The zero-order valence-corrected chi connectivity index (χ0v) is 8.48. The molecule has 1 rings (SSSR count). The second kappa shape index (κ2) is 4.63. The minimum atomic E-state index is -2.33. The van der Waals surface area contributed by atoms with Crippen LogP contribution in [0.1, 0.15) is 0 Å². The maximum atomic E-state index is 12.7. The fourth-order valence-corrected chi connectivity index (χ4v) is 1.00. The van der Waals surface area contributed by atoms with Gasteiger partial charge in [-0.15, -0.1) is 0 Å². The van der Waals surface area contributed by atoms with Gasteiger partial charge in [0, 0.05) is 25.8 Å².